The van der Waals surface area contributed by atoms with Crippen molar-refractivity contribution in [2.24, 2.45) is 0 Å². The molecule has 19 heavy (non-hydrogen) atoms. The zero-order valence-electron chi connectivity index (χ0n) is 10.4. The summed E-state index contributed by atoms with van der Waals surface area (Å²) < 4.78 is 0. The Kier molecular flexibility index (Phi) is 3.58. The third kappa shape index (κ3) is 2.82. The van der Waals surface area contributed by atoms with Crippen LogP contribution in [-0.2, 0) is 11.3 Å². The van der Waals surface area contributed by atoms with Crippen molar-refractivity contribution in [1.82, 2.24) is 4.90 Å². The third-order valence-electron chi connectivity index (χ3n) is 3.30. The van der Waals surface area contributed by atoms with E-state index in [2.05, 4.69) is 41.8 Å². The number of rotatable bonds is 3. The van der Waals surface area contributed by atoms with Crippen LogP contribution in [0.1, 0.15) is 12.0 Å². The second-order valence-electron chi connectivity index (χ2n) is 4.75. The molecular formula is C15H14ClNOS. The minimum Gasteiger partial charge on any atom is -0.337 e. The number of hydrogen-bond acceptors (Lipinski definition) is 2. The van der Waals surface area contributed by atoms with Crippen molar-refractivity contribution in [2.75, 3.05) is 6.54 Å². The van der Waals surface area contributed by atoms with Crippen LogP contribution in [0.2, 0.25) is 0 Å². The van der Waals surface area contributed by atoms with Crippen LogP contribution in [0, 0.1) is 0 Å². The van der Waals surface area contributed by atoms with Crippen LogP contribution >= 0.6 is 22.9 Å². The molecule has 1 aliphatic heterocycles. The number of carbonyl (C=O) groups is 1. The molecule has 3 rings (SSSR count). The van der Waals surface area contributed by atoms with E-state index in [9.17, 15) is 4.79 Å². The minimum atomic E-state index is -0.0297. The van der Waals surface area contributed by atoms with Gasteiger partial charge in [0, 0.05) is 24.4 Å². The molecule has 2 aromatic rings. The van der Waals surface area contributed by atoms with Gasteiger partial charge in [0.05, 0.1) is 5.38 Å². The monoisotopic (exact) mass is 291 g/mol. The Balaban J connectivity index is 1.71. The molecule has 0 aliphatic carbocycles. The van der Waals surface area contributed by atoms with Crippen molar-refractivity contribution in [1.29, 1.82) is 0 Å². The number of halogens is 1. The summed E-state index contributed by atoms with van der Waals surface area (Å²) in [6, 6.07) is 12.6. The molecule has 2 heterocycles. The first-order valence-corrected chi connectivity index (χ1v) is 7.58. The summed E-state index contributed by atoms with van der Waals surface area (Å²) >= 11 is 7.73. The Morgan fingerprint density at radius 3 is 2.63 bits per heavy atom. The van der Waals surface area contributed by atoms with E-state index in [4.69, 9.17) is 11.6 Å². The maximum absolute atomic E-state index is 11.7. The minimum absolute atomic E-state index is 0.0297. The second kappa shape index (κ2) is 5.35. The quantitative estimate of drug-likeness (QED) is 0.789. The van der Waals surface area contributed by atoms with Gasteiger partial charge in [-0.15, -0.1) is 22.9 Å². The van der Waals surface area contributed by atoms with Gasteiger partial charge in [-0.2, -0.15) is 0 Å². The smallest absolute Gasteiger partial charge is 0.224 e. The fraction of sp³-hybridized carbons (Fsp3) is 0.267. The normalized spacial score (nSPS) is 19.1. The number of hydrogen-bond donors (Lipinski definition) is 0. The SMILES string of the molecule is O=C1CC(Cl)CN1Cc1ccc(-c2cccs2)cc1. The zero-order valence-corrected chi connectivity index (χ0v) is 12.0. The van der Waals surface area contributed by atoms with Crippen molar-refractivity contribution in [2.45, 2.75) is 18.3 Å². The van der Waals surface area contributed by atoms with Gasteiger partial charge < -0.3 is 4.90 Å². The van der Waals surface area contributed by atoms with E-state index < -0.39 is 0 Å². The van der Waals surface area contributed by atoms with Gasteiger partial charge in [-0.1, -0.05) is 30.3 Å². The second-order valence-corrected chi connectivity index (χ2v) is 6.31. The maximum atomic E-state index is 11.7. The molecule has 0 radical (unpaired) electrons. The first-order chi connectivity index (χ1) is 9.22. The van der Waals surface area contributed by atoms with Crippen LogP contribution < -0.4 is 0 Å². The number of thiophene rings is 1. The summed E-state index contributed by atoms with van der Waals surface area (Å²) in [6.07, 6.45) is 0.467. The number of amides is 1. The van der Waals surface area contributed by atoms with Crippen molar-refractivity contribution in [3.05, 3.63) is 47.3 Å². The van der Waals surface area contributed by atoms with Gasteiger partial charge in [-0.3, -0.25) is 4.79 Å². The van der Waals surface area contributed by atoms with E-state index in [1.54, 1.807) is 11.3 Å². The first kappa shape index (κ1) is 12.7. The van der Waals surface area contributed by atoms with E-state index in [1.807, 2.05) is 4.90 Å². The van der Waals surface area contributed by atoms with E-state index in [1.165, 1.54) is 10.4 Å². The van der Waals surface area contributed by atoms with Gasteiger partial charge in [0.1, 0.15) is 0 Å². The van der Waals surface area contributed by atoms with Gasteiger partial charge in [0.25, 0.3) is 0 Å². The van der Waals surface area contributed by atoms with Crippen LogP contribution in [0.4, 0.5) is 0 Å². The molecule has 4 heteroatoms. The van der Waals surface area contributed by atoms with E-state index in [0.717, 1.165) is 5.56 Å². The summed E-state index contributed by atoms with van der Waals surface area (Å²) in [5.74, 6) is 0.155. The Labute approximate surface area is 121 Å². The number of carbonyl (C=O) groups excluding carboxylic acids is 1. The lowest BCUT2D eigenvalue weighted by Gasteiger charge is -2.15. The predicted octanol–water partition coefficient (Wildman–Crippen LogP) is 3.75. The van der Waals surface area contributed by atoms with Crippen LogP contribution in [-0.4, -0.2) is 22.7 Å². The van der Waals surface area contributed by atoms with Crippen molar-refractivity contribution in [3.63, 3.8) is 0 Å². The molecule has 0 bridgehead atoms. The van der Waals surface area contributed by atoms with Crippen LogP contribution in [0.5, 0.6) is 0 Å². The van der Waals surface area contributed by atoms with Gasteiger partial charge in [0.15, 0.2) is 0 Å². The maximum Gasteiger partial charge on any atom is 0.224 e. The summed E-state index contributed by atoms with van der Waals surface area (Å²) in [4.78, 5) is 14.8. The third-order valence-corrected chi connectivity index (χ3v) is 4.51. The lowest BCUT2D eigenvalue weighted by Crippen LogP contribution is -2.24. The van der Waals surface area contributed by atoms with Crippen LogP contribution in [0.3, 0.4) is 0 Å². The Morgan fingerprint density at radius 1 is 1.26 bits per heavy atom. The fourth-order valence-corrected chi connectivity index (χ4v) is 3.35. The van der Waals surface area contributed by atoms with Gasteiger partial charge in [-0.25, -0.2) is 0 Å². The molecule has 1 saturated heterocycles. The van der Waals surface area contributed by atoms with E-state index >= 15 is 0 Å². The molecular weight excluding hydrogens is 278 g/mol. The first-order valence-electron chi connectivity index (χ1n) is 6.27. The number of likely N-dealkylation sites (tertiary alicyclic amines) is 1. The highest BCUT2D eigenvalue weighted by molar-refractivity contribution is 7.13. The van der Waals surface area contributed by atoms with E-state index in [0.29, 0.717) is 19.5 Å². The number of nitrogens with zero attached hydrogens (tertiary/aromatic N) is 1. The fourth-order valence-electron chi connectivity index (χ4n) is 2.31. The average molecular weight is 292 g/mol. The Morgan fingerprint density at radius 2 is 2.05 bits per heavy atom. The molecule has 2 nitrogen and oxygen atoms in total. The van der Waals surface area contributed by atoms with Crippen LogP contribution in [0.15, 0.2) is 41.8 Å². The van der Waals surface area contributed by atoms with Crippen molar-refractivity contribution >= 4 is 28.8 Å². The summed E-state index contributed by atoms with van der Waals surface area (Å²) in [5, 5.41) is 2.05. The molecule has 1 aromatic heterocycles. The van der Waals surface area contributed by atoms with Crippen molar-refractivity contribution < 1.29 is 4.79 Å². The molecule has 1 atom stereocenters. The molecule has 1 unspecified atom stereocenters. The van der Waals surface area contributed by atoms with E-state index in [-0.39, 0.29) is 11.3 Å². The summed E-state index contributed by atoms with van der Waals surface area (Å²) in [7, 11) is 0. The summed E-state index contributed by atoms with van der Waals surface area (Å²) in [5.41, 5.74) is 2.38. The molecule has 98 valence electrons. The lowest BCUT2D eigenvalue weighted by molar-refractivity contribution is -0.128. The highest BCUT2D eigenvalue weighted by atomic mass is 35.5. The van der Waals surface area contributed by atoms with Crippen LogP contribution in [0.25, 0.3) is 10.4 Å². The predicted molar refractivity (Wildman–Crippen MR) is 79.4 cm³/mol. The molecule has 0 spiro atoms. The van der Waals surface area contributed by atoms with Gasteiger partial charge in [0.2, 0.25) is 5.91 Å². The largest absolute Gasteiger partial charge is 0.337 e. The highest BCUT2D eigenvalue weighted by Crippen LogP contribution is 2.25. The topological polar surface area (TPSA) is 20.3 Å². The Bertz CT molecular complexity index is 564. The molecule has 1 amide bonds. The lowest BCUT2D eigenvalue weighted by atomic mass is 10.1. The standard InChI is InChI=1S/C15H14ClNOS/c16-13-8-15(18)17(10-13)9-11-3-5-12(6-4-11)14-2-1-7-19-14/h1-7,13H,8-10H2. The molecule has 1 fully saturated rings. The van der Waals surface area contributed by atoms with Gasteiger partial charge >= 0.3 is 0 Å². The number of alkyl halides is 1. The Hall–Kier alpha value is -1.32. The highest BCUT2D eigenvalue weighted by Gasteiger charge is 2.27. The van der Waals surface area contributed by atoms with Gasteiger partial charge in [-0.05, 0) is 22.6 Å². The zero-order chi connectivity index (χ0) is 13.2. The molecule has 0 saturated carbocycles. The average Bonchev–Trinajstić information content (AvgIpc) is 3.01. The number of benzene rings is 1. The molecule has 0 N–H and O–H groups in total. The van der Waals surface area contributed by atoms with Crippen molar-refractivity contribution in [3.8, 4) is 10.4 Å². The molecule has 1 aromatic carbocycles. The molecule has 1 aliphatic rings. The summed E-state index contributed by atoms with van der Waals surface area (Å²) in [6.45, 7) is 1.32.